The van der Waals surface area contributed by atoms with Crippen LogP contribution in [0.5, 0.6) is 5.75 Å². The molecule has 0 radical (unpaired) electrons. The normalized spacial score (nSPS) is 10.1. The summed E-state index contributed by atoms with van der Waals surface area (Å²) < 4.78 is 42.8. The zero-order valence-electron chi connectivity index (χ0n) is 8.93. The topological polar surface area (TPSA) is 33.0 Å². The average molecular weight is 239 g/mol. The predicted molar refractivity (Wildman–Crippen MR) is 55.1 cm³/mol. The van der Waals surface area contributed by atoms with E-state index in [9.17, 15) is 13.2 Å². The molecule has 0 spiro atoms. The van der Waals surface area contributed by atoms with Crippen LogP contribution in [0.2, 0.25) is 0 Å². The van der Waals surface area contributed by atoms with Crippen LogP contribution in [0.1, 0.15) is 18.1 Å². The number of halogens is 3. The van der Waals surface area contributed by atoms with Crippen LogP contribution in [-0.4, -0.2) is 6.61 Å². The Balaban J connectivity index is 3.11. The first kappa shape index (κ1) is 12.9. The van der Waals surface area contributed by atoms with Gasteiger partial charge in [0.25, 0.3) is 0 Å². The third kappa shape index (κ3) is 3.42. The Bertz CT molecular complexity index is 503. The molecule has 0 aliphatic rings. The highest BCUT2D eigenvalue weighted by atomic mass is 19.4. The molecular formula is C12H8F3NO. The molecule has 0 bridgehead atoms. The molecular weight excluding hydrogens is 231 g/mol. The molecule has 0 heterocycles. The van der Waals surface area contributed by atoms with Crippen molar-refractivity contribution in [3.8, 4) is 23.7 Å². The van der Waals surface area contributed by atoms with Gasteiger partial charge in [0.2, 0.25) is 0 Å². The Morgan fingerprint density at radius 2 is 2.06 bits per heavy atom. The molecule has 0 amide bonds. The summed E-state index contributed by atoms with van der Waals surface area (Å²) in [6.45, 7) is 1.44. The second-order valence-corrected chi connectivity index (χ2v) is 3.04. The van der Waals surface area contributed by atoms with Crippen molar-refractivity contribution in [2.45, 2.75) is 13.1 Å². The van der Waals surface area contributed by atoms with Gasteiger partial charge < -0.3 is 4.74 Å². The van der Waals surface area contributed by atoms with Crippen LogP contribution in [0.15, 0.2) is 18.2 Å². The van der Waals surface area contributed by atoms with E-state index in [2.05, 4.69) is 11.8 Å². The van der Waals surface area contributed by atoms with Crippen LogP contribution < -0.4 is 4.74 Å². The zero-order chi connectivity index (χ0) is 12.9. The van der Waals surface area contributed by atoms with Crippen LogP contribution in [0.3, 0.4) is 0 Å². The van der Waals surface area contributed by atoms with Gasteiger partial charge in [0, 0.05) is 0 Å². The maximum absolute atomic E-state index is 12.6. The molecule has 0 aliphatic heterocycles. The molecule has 2 nitrogen and oxygen atoms in total. The van der Waals surface area contributed by atoms with Gasteiger partial charge in [-0.3, -0.25) is 0 Å². The molecule has 1 aromatic carbocycles. The maximum atomic E-state index is 12.6. The Hall–Kier alpha value is -2.14. The highest BCUT2D eigenvalue weighted by Gasteiger charge is 2.34. The van der Waals surface area contributed by atoms with Crippen LogP contribution in [0, 0.1) is 23.2 Å². The third-order valence-electron chi connectivity index (χ3n) is 1.89. The number of rotatable bonds is 2. The molecule has 17 heavy (non-hydrogen) atoms. The van der Waals surface area contributed by atoms with E-state index in [1.54, 1.807) is 13.0 Å². The van der Waals surface area contributed by atoms with Crippen LogP contribution in [0.25, 0.3) is 0 Å². The highest BCUT2D eigenvalue weighted by molar-refractivity contribution is 5.43. The molecule has 1 aromatic rings. The lowest BCUT2D eigenvalue weighted by molar-refractivity contribution is -0.138. The van der Waals surface area contributed by atoms with Crippen molar-refractivity contribution in [3.63, 3.8) is 0 Å². The molecule has 5 heteroatoms. The number of nitriles is 1. The minimum absolute atomic E-state index is 0.0637. The van der Waals surface area contributed by atoms with E-state index in [4.69, 9.17) is 10.00 Å². The fourth-order valence-corrected chi connectivity index (χ4v) is 1.13. The van der Waals surface area contributed by atoms with E-state index >= 15 is 0 Å². The van der Waals surface area contributed by atoms with Crippen molar-refractivity contribution >= 4 is 0 Å². The van der Waals surface area contributed by atoms with Gasteiger partial charge in [-0.1, -0.05) is 5.92 Å². The van der Waals surface area contributed by atoms with Crippen molar-refractivity contribution < 1.29 is 17.9 Å². The van der Waals surface area contributed by atoms with Crippen LogP contribution in [0.4, 0.5) is 13.2 Å². The summed E-state index contributed by atoms with van der Waals surface area (Å²) in [5.74, 6) is 4.69. The van der Waals surface area contributed by atoms with Gasteiger partial charge in [0.15, 0.2) is 0 Å². The standard InChI is InChI=1S/C12H8F3NO/c1-2-3-6-17-11-5-4-9(8-16)7-10(11)12(13,14)15/h4-5,7H,6H2,1H3. The summed E-state index contributed by atoms with van der Waals surface area (Å²) in [5.41, 5.74) is -1.03. The lowest BCUT2D eigenvalue weighted by Crippen LogP contribution is -2.09. The number of benzene rings is 1. The molecule has 0 N–H and O–H groups in total. The summed E-state index contributed by atoms with van der Waals surface area (Å²) in [6, 6.07) is 4.80. The lowest BCUT2D eigenvalue weighted by atomic mass is 10.1. The Morgan fingerprint density at radius 1 is 1.35 bits per heavy atom. The number of hydrogen-bond donors (Lipinski definition) is 0. The second-order valence-electron chi connectivity index (χ2n) is 3.04. The van der Waals surface area contributed by atoms with Gasteiger partial charge in [-0.15, -0.1) is 5.92 Å². The number of alkyl halides is 3. The fourth-order valence-electron chi connectivity index (χ4n) is 1.13. The van der Waals surface area contributed by atoms with Crippen LogP contribution >= 0.6 is 0 Å². The lowest BCUT2D eigenvalue weighted by Gasteiger charge is -2.12. The maximum Gasteiger partial charge on any atom is 0.420 e. The first-order chi connectivity index (χ1) is 7.99. The fraction of sp³-hybridized carbons (Fsp3) is 0.250. The van der Waals surface area contributed by atoms with Crippen LogP contribution in [-0.2, 0) is 6.18 Å². The van der Waals surface area contributed by atoms with Gasteiger partial charge in [0.1, 0.15) is 12.4 Å². The Kier molecular flexibility index (Phi) is 4.01. The molecule has 0 fully saturated rings. The SMILES string of the molecule is CC#CCOc1ccc(C#N)cc1C(F)(F)F. The van der Waals surface area contributed by atoms with E-state index < -0.39 is 11.7 Å². The van der Waals surface area contributed by atoms with Crippen molar-refractivity contribution in [3.05, 3.63) is 29.3 Å². The second kappa shape index (κ2) is 5.27. The van der Waals surface area contributed by atoms with E-state index in [0.29, 0.717) is 0 Å². The van der Waals surface area contributed by atoms with Crippen molar-refractivity contribution in [1.29, 1.82) is 5.26 Å². The van der Waals surface area contributed by atoms with E-state index in [-0.39, 0.29) is 17.9 Å². The number of hydrogen-bond acceptors (Lipinski definition) is 2. The smallest absolute Gasteiger partial charge is 0.420 e. The molecule has 0 saturated carbocycles. The molecule has 0 saturated heterocycles. The molecule has 0 aliphatic carbocycles. The van der Waals surface area contributed by atoms with E-state index in [0.717, 1.165) is 12.1 Å². The highest BCUT2D eigenvalue weighted by Crippen LogP contribution is 2.36. The molecule has 88 valence electrons. The van der Waals surface area contributed by atoms with Gasteiger partial charge in [0.05, 0.1) is 17.2 Å². The molecule has 0 aromatic heterocycles. The quantitative estimate of drug-likeness (QED) is 0.743. The minimum atomic E-state index is -4.55. The minimum Gasteiger partial charge on any atom is -0.480 e. The molecule has 1 rings (SSSR count). The number of ether oxygens (including phenoxy) is 1. The Labute approximate surface area is 96.6 Å². The summed E-state index contributed by atoms with van der Waals surface area (Å²) >= 11 is 0. The van der Waals surface area contributed by atoms with Gasteiger partial charge in [-0.05, 0) is 25.1 Å². The summed E-state index contributed by atoms with van der Waals surface area (Å²) in [7, 11) is 0. The molecule has 0 atom stereocenters. The first-order valence-electron chi connectivity index (χ1n) is 4.62. The van der Waals surface area contributed by atoms with Gasteiger partial charge >= 0.3 is 6.18 Å². The Morgan fingerprint density at radius 3 is 2.59 bits per heavy atom. The third-order valence-corrected chi connectivity index (χ3v) is 1.89. The van der Waals surface area contributed by atoms with Crippen molar-refractivity contribution in [2.75, 3.05) is 6.61 Å². The predicted octanol–water partition coefficient (Wildman–Crippen LogP) is 2.98. The molecule has 0 unspecified atom stereocenters. The largest absolute Gasteiger partial charge is 0.480 e. The average Bonchev–Trinajstić information content (AvgIpc) is 2.28. The van der Waals surface area contributed by atoms with E-state index in [1.165, 1.54) is 6.07 Å². The van der Waals surface area contributed by atoms with Crippen molar-refractivity contribution in [1.82, 2.24) is 0 Å². The van der Waals surface area contributed by atoms with Crippen molar-refractivity contribution in [2.24, 2.45) is 0 Å². The van der Waals surface area contributed by atoms with Gasteiger partial charge in [-0.2, -0.15) is 18.4 Å². The van der Waals surface area contributed by atoms with E-state index in [1.807, 2.05) is 0 Å². The number of nitrogens with zero attached hydrogens (tertiary/aromatic N) is 1. The first-order valence-corrected chi connectivity index (χ1v) is 4.62. The van der Waals surface area contributed by atoms with Gasteiger partial charge in [-0.25, -0.2) is 0 Å². The summed E-state index contributed by atoms with van der Waals surface area (Å²) in [5, 5.41) is 8.55. The monoisotopic (exact) mass is 239 g/mol. The summed E-state index contributed by atoms with van der Waals surface area (Å²) in [4.78, 5) is 0. The zero-order valence-corrected chi connectivity index (χ0v) is 8.93. The summed E-state index contributed by atoms with van der Waals surface area (Å²) in [6.07, 6.45) is -4.55.